The van der Waals surface area contributed by atoms with Crippen LogP contribution < -0.4 is 10.6 Å². The van der Waals surface area contributed by atoms with Crippen LogP contribution in [0.1, 0.15) is 31.0 Å². The minimum absolute atomic E-state index is 0.281. The number of anilines is 1. The summed E-state index contributed by atoms with van der Waals surface area (Å²) >= 11 is 0. The van der Waals surface area contributed by atoms with Crippen LogP contribution in [-0.2, 0) is 11.2 Å². The summed E-state index contributed by atoms with van der Waals surface area (Å²) in [5, 5.41) is 0. The molecule has 1 saturated heterocycles. The Balaban J connectivity index is 1.83. The maximum absolute atomic E-state index is 6.11. The Hall–Kier alpha value is -1.10. The van der Waals surface area contributed by atoms with Gasteiger partial charge < -0.3 is 15.4 Å². The lowest BCUT2D eigenvalue weighted by molar-refractivity contribution is -0.0799. The van der Waals surface area contributed by atoms with Crippen LogP contribution in [0.15, 0.2) is 18.2 Å². The van der Waals surface area contributed by atoms with E-state index >= 15 is 0 Å². The second kappa shape index (κ2) is 5.95. The van der Waals surface area contributed by atoms with Gasteiger partial charge in [-0.15, -0.1) is 0 Å². The van der Waals surface area contributed by atoms with E-state index in [1.807, 2.05) is 0 Å². The Kier molecular flexibility index (Phi) is 4.20. The number of morpholine rings is 1. The third-order valence-corrected chi connectivity index (χ3v) is 4.73. The number of ether oxygens (including phenoxy) is 1. The first-order valence-electron chi connectivity index (χ1n) is 8.02. The van der Waals surface area contributed by atoms with Crippen molar-refractivity contribution in [3.8, 4) is 0 Å². The minimum Gasteiger partial charge on any atom is -0.374 e. The first-order chi connectivity index (χ1) is 10.1. The second-order valence-corrected chi connectivity index (χ2v) is 6.52. The van der Waals surface area contributed by atoms with Gasteiger partial charge in [0.05, 0.1) is 12.2 Å². The molecule has 0 aromatic heterocycles. The van der Waals surface area contributed by atoms with Crippen molar-refractivity contribution in [2.75, 3.05) is 38.1 Å². The summed E-state index contributed by atoms with van der Waals surface area (Å²) in [4.78, 5) is 4.81. The average molecular weight is 289 g/mol. The van der Waals surface area contributed by atoms with Gasteiger partial charge in [-0.3, -0.25) is 4.90 Å². The summed E-state index contributed by atoms with van der Waals surface area (Å²) in [6, 6.07) is 7.17. The molecule has 0 spiro atoms. The van der Waals surface area contributed by atoms with Gasteiger partial charge in [0, 0.05) is 45.0 Å². The van der Waals surface area contributed by atoms with Gasteiger partial charge in [0.2, 0.25) is 0 Å². The van der Waals surface area contributed by atoms with Crippen molar-refractivity contribution in [2.45, 2.75) is 38.5 Å². The quantitative estimate of drug-likeness (QED) is 0.921. The number of fused-ring (bicyclic) bond motifs is 1. The molecule has 0 saturated carbocycles. The third-order valence-electron chi connectivity index (χ3n) is 4.73. The molecule has 0 radical (unpaired) electrons. The number of benzene rings is 1. The Morgan fingerprint density at radius 2 is 2.00 bits per heavy atom. The molecule has 1 aromatic carbocycles. The standard InChI is InChI=1S/C17H27N3O/c1-12-10-20(11-13(2)21-12)17(9-18)14-4-5-16-15(8-14)6-7-19(16)3/h4-5,8,12-13,17H,6-7,9-11,18H2,1-3H3/t12-,13+,17?. The summed E-state index contributed by atoms with van der Waals surface area (Å²) in [5.41, 5.74) is 10.3. The molecule has 0 bridgehead atoms. The Labute approximate surface area is 127 Å². The van der Waals surface area contributed by atoms with E-state index in [1.165, 1.54) is 16.8 Å². The van der Waals surface area contributed by atoms with Gasteiger partial charge in [0.1, 0.15) is 0 Å². The van der Waals surface area contributed by atoms with E-state index in [0.717, 1.165) is 26.1 Å². The van der Waals surface area contributed by atoms with Crippen LogP contribution in [0.2, 0.25) is 0 Å². The molecule has 0 aliphatic carbocycles. The molecule has 3 atom stereocenters. The number of rotatable bonds is 3. The fourth-order valence-corrected chi connectivity index (χ4v) is 3.76. The van der Waals surface area contributed by atoms with Crippen molar-refractivity contribution in [1.82, 2.24) is 4.90 Å². The SMILES string of the molecule is C[C@@H]1CN(C(CN)c2ccc3c(c2)CCN3C)C[C@H](C)O1. The van der Waals surface area contributed by atoms with Crippen LogP contribution in [0, 0.1) is 0 Å². The predicted molar refractivity (Wildman–Crippen MR) is 86.8 cm³/mol. The largest absolute Gasteiger partial charge is 0.374 e. The fourth-order valence-electron chi connectivity index (χ4n) is 3.76. The number of likely N-dealkylation sites (N-methyl/N-ethyl adjacent to an activating group) is 1. The molecule has 1 fully saturated rings. The molecule has 4 heteroatoms. The zero-order valence-electron chi connectivity index (χ0n) is 13.4. The second-order valence-electron chi connectivity index (χ2n) is 6.52. The zero-order chi connectivity index (χ0) is 15.0. The monoisotopic (exact) mass is 289 g/mol. The zero-order valence-corrected chi connectivity index (χ0v) is 13.4. The lowest BCUT2D eigenvalue weighted by Crippen LogP contribution is -2.48. The molecule has 116 valence electrons. The lowest BCUT2D eigenvalue weighted by atomic mass is 10.00. The van der Waals surface area contributed by atoms with Crippen molar-refractivity contribution in [2.24, 2.45) is 5.73 Å². The van der Waals surface area contributed by atoms with Crippen molar-refractivity contribution < 1.29 is 4.74 Å². The molecular weight excluding hydrogens is 262 g/mol. The number of hydrogen-bond acceptors (Lipinski definition) is 4. The first kappa shape index (κ1) is 14.8. The average Bonchev–Trinajstić information content (AvgIpc) is 2.80. The summed E-state index contributed by atoms with van der Waals surface area (Å²) in [6.45, 7) is 8.00. The van der Waals surface area contributed by atoms with E-state index in [2.05, 4.69) is 48.9 Å². The van der Waals surface area contributed by atoms with Gasteiger partial charge in [-0.25, -0.2) is 0 Å². The molecule has 1 aromatic rings. The van der Waals surface area contributed by atoms with Crippen LogP contribution in [0.5, 0.6) is 0 Å². The van der Waals surface area contributed by atoms with Crippen LogP contribution >= 0.6 is 0 Å². The van der Waals surface area contributed by atoms with Crippen molar-refractivity contribution in [3.63, 3.8) is 0 Å². The van der Waals surface area contributed by atoms with Crippen LogP contribution in [-0.4, -0.2) is 50.3 Å². The number of nitrogens with two attached hydrogens (primary N) is 1. The summed E-state index contributed by atoms with van der Waals surface area (Å²) in [6.07, 6.45) is 1.71. The van der Waals surface area contributed by atoms with E-state index in [1.54, 1.807) is 0 Å². The summed E-state index contributed by atoms with van der Waals surface area (Å²) in [7, 11) is 2.16. The highest BCUT2D eigenvalue weighted by molar-refractivity contribution is 5.58. The highest BCUT2D eigenvalue weighted by Gasteiger charge is 2.29. The highest BCUT2D eigenvalue weighted by Crippen LogP contribution is 2.31. The number of hydrogen-bond donors (Lipinski definition) is 1. The van der Waals surface area contributed by atoms with Crippen LogP contribution in [0.4, 0.5) is 5.69 Å². The third kappa shape index (κ3) is 2.93. The van der Waals surface area contributed by atoms with Crippen LogP contribution in [0.25, 0.3) is 0 Å². The van der Waals surface area contributed by atoms with E-state index in [-0.39, 0.29) is 12.2 Å². The van der Waals surface area contributed by atoms with Crippen molar-refractivity contribution >= 4 is 5.69 Å². The molecular formula is C17H27N3O. The van der Waals surface area contributed by atoms with Crippen molar-refractivity contribution in [1.29, 1.82) is 0 Å². The van der Waals surface area contributed by atoms with E-state index in [9.17, 15) is 0 Å². The maximum Gasteiger partial charge on any atom is 0.0678 e. The molecule has 2 N–H and O–H groups in total. The van der Waals surface area contributed by atoms with Gasteiger partial charge in [-0.2, -0.15) is 0 Å². The Morgan fingerprint density at radius 3 is 2.67 bits per heavy atom. The first-order valence-corrected chi connectivity index (χ1v) is 8.02. The molecule has 3 rings (SSSR count). The predicted octanol–water partition coefficient (Wildman–Crippen LogP) is 1.79. The van der Waals surface area contributed by atoms with E-state index in [4.69, 9.17) is 10.5 Å². The molecule has 2 heterocycles. The van der Waals surface area contributed by atoms with Crippen molar-refractivity contribution in [3.05, 3.63) is 29.3 Å². The minimum atomic E-state index is 0.281. The lowest BCUT2D eigenvalue weighted by Gasteiger charge is -2.40. The molecule has 2 aliphatic heterocycles. The van der Waals surface area contributed by atoms with E-state index < -0.39 is 0 Å². The molecule has 1 unspecified atom stereocenters. The highest BCUT2D eigenvalue weighted by atomic mass is 16.5. The topological polar surface area (TPSA) is 41.7 Å². The maximum atomic E-state index is 6.11. The Morgan fingerprint density at radius 1 is 1.29 bits per heavy atom. The Bertz CT molecular complexity index is 495. The molecule has 0 amide bonds. The number of nitrogens with zero attached hydrogens (tertiary/aromatic N) is 2. The molecule has 2 aliphatic rings. The van der Waals surface area contributed by atoms with Crippen LogP contribution in [0.3, 0.4) is 0 Å². The van der Waals surface area contributed by atoms with Gasteiger partial charge in [0.25, 0.3) is 0 Å². The fraction of sp³-hybridized carbons (Fsp3) is 0.647. The van der Waals surface area contributed by atoms with Gasteiger partial charge >= 0.3 is 0 Å². The van der Waals surface area contributed by atoms with Gasteiger partial charge in [-0.05, 0) is 37.5 Å². The summed E-state index contributed by atoms with van der Waals surface area (Å²) < 4.78 is 5.85. The smallest absolute Gasteiger partial charge is 0.0678 e. The molecule has 4 nitrogen and oxygen atoms in total. The molecule has 21 heavy (non-hydrogen) atoms. The summed E-state index contributed by atoms with van der Waals surface area (Å²) in [5.74, 6) is 0. The normalized spacial score (nSPS) is 27.7. The van der Waals surface area contributed by atoms with E-state index in [0.29, 0.717) is 12.6 Å². The van der Waals surface area contributed by atoms with Gasteiger partial charge in [-0.1, -0.05) is 12.1 Å². The van der Waals surface area contributed by atoms with Gasteiger partial charge in [0.15, 0.2) is 0 Å².